The smallest absolute Gasteiger partial charge is 0.243 e. The molecule has 0 bridgehead atoms. The Morgan fingerprint density at radius 1 is 1.00 bits per heavy atom. The van der Waals surface area contributed by atoms with E-state index in [1.54, 1.807) is 0 Å². The highest BCUT2D eigenvalue weighted by Crippen LogP contribution is 2.10. The van der Waals surface area contributed by atoms with Gasteiger partial charge in [0.25, 0.3) is 0 Å². The molecule has 0 unspecified atom stereocenters. The SMILES string of the molecule is CCCCCCCCCCCC(=O)NC(=O)[C@@H]1CCCN1. The van der Waals surface area contributed by atoms with Crippen LogP contribution < -0.4 is 10.6 Å². The zero-order valence-corrected chi connectivity index (χ0v) is 13.6. The number of amides is 2. The van der Waals surface area contributed by atoms with Gasteiger partial charge in [-0.15, -0.1) is 0 Å². The number of carbonyl (C=O) groups is 2. The Morgan fingerprint density at radius 2 is 1.62 bits per heavy atom. The number of hydrogen-bond acceptors (Lipinski definition) is 3. The van der Waals surface area contributed by atoms with Crippen molar-refractivity contribution in [3.8, 4) is 0 Å². The van der Waals surface area contributed by atoms with Crippen LogP contribution in [0.25, 0.3) is 0 Å². The van der Waals surface area contributed by atoms with Crippen molar-refractivity contribution >= 4 is 11.8 Å². The third kappa shape index (κ3) is 8.86. The molecule has 0 aromatic rings. The van der Waals surface area contributed by atoms with E-state index in [1.807, 2.05) is 0 Å². The molecule has 0 saturated carbocycles. The molecule has 1 heterocycles. The fourth-order valence-corrected chi connectivity index (χ4v) is 2.79. The van der Waals surface area contributed by atoms with Gasteiger partial charge in [-0.25, -0.2) is 0 Å². The van der Waals surface area contributed by atoms with Crippen LogP contribution in [0, 0.1) is 0 Å². The van der Waals surface area contributed by atoms with E-state index in [9.17, 15) is 9.59 Å². The summed E-state index contributed by atoms with van der Waals surface area (Å²) in [6.45, 7) is 3.11. The molecule has 21 heavy (non-hydrogen) atoms. The number of imide groups is 1. The highest BCUT2D eigenvalue weighted by molar-refractivity contribution is 5.97. The van der Waals surface area contributed by atoms with Gasteiger partial charge in [-0.2, -0.15) is 0 Å². The topological polar surface area (TPSA) is 58.2 Å². The lowest BCUT2D eigenvalue weighted by molar-refractivity contribution is -0.131. The first-order valence-electron chi connectivity index (χ1n) is 8.81. The monoisotopic (exact) mass is 296 g/mol. The molecular formula is C17H32N2O2. The van der Waals surface area contributed by atoms with Gasteiger partial charge in [0.05, 0.1) is 6.04 Å². The van der Waals surface area contributed by atoms with E-state index in [-0.39, 0.29) is 17.9 Å². The molecule has 4 nitrogen and oxygen atoms in total. The van der Waals surface area contributed by atoms with Gasteiger partial charge in [-0.05, 0) is 25.8 Å². The Bertz CT molecular complexity index is 299. The van der Waals surface area contributed by atoms with Gasteiger partial charge in [0.15, 0.2) is 0 Å². The Balaban J connectivity index is 1.90. The maximum atomic E-state index is 11.7. The van der Waals surface area contributed by atoms with E-state index in [2.05, 4.69) is 17.6 Å². The molecule has 122 valence electrons. The minimum absolute atomic E-state index is 0.114. The zero-order valence-electron chi connectivity index (χ0n) is 13.6. The fourth-order valence-electron chi connectivity index (χ4n) is 2.79. The first kappa shape index (κ1) is 18.1. The molecule has 0 aromatic carbocycles. The molecule has 1 rings (SSSR count). The van der Waals surface area contributed by atoms with Crippen LogP contribution in [-0.4, -0.2) is 24.4 Å². The predicted octanol–water partition coefficient (Wildman–Crippen LogP) is 3.30. The van der Waals surface area contributed by atoms with Crippen molar-refractivity contribution in [3.05, 3.63) is 0 Å². The molecule has 0 aliphatic carbocycles. The Morgan fingerprint density at radius 3 is 2.19 bits per heavy atom. The van der Waals surface area contributed by atoms with Crippen molar-refractivity contribution in [1.82, 2.24) is 10.6 Å². The van der Waals surface area contributed by atoms with Gasteiger partial charge in [-0.1, -0.05) is 58.3 Å². The predicted molar refractivity (Wildman–Crippen MR) is 86.0 cm³/mol. The fraction of sp³-hybridized carbons (Fsp3) is 0.882. The van der Waals surface area contributed by atoms with Gasteiger partial charge < -0.3 is 5.32 Å². The van der Waals surface area contributed by atoms with E-state index in [0.29, 0.717) is 6.42 Å². The molecular weight excluding hydrogens is 264 g/mol. The summed E-state index contributed by atoms with van der Waals surface area (Å²) in [5.74, 6) is -0.259. The molecule has 2 N–H and O–H groups in total. The summed E-state index contributed by atoms with van der Waals surface area (Å²) in [7, 11) is 0. The van der Waals surface area contributed by atoms with Crippen LogP contribution in [0.3, 0.4) is 0 Å². The van der Waals surface area contributed by atoms with Crippen LogP contribution in [0.4, 0.5) is 0 Å². The molecule has 0 spiro atoms. The third-order valence-electron chi connectivity index (χ3n) is 4.15. The van der Waals surface area contributed by atoms with Crippen LogP contribution in [-0.2, 0) is 9.59 Å². The van der Waals surface area contributed by atoms with Crippen LogP contribution in [0.15, 0.2) is 0 Å². The van der Waals surface area contributed by atoms with E-state index in [1.165, 1.54) is 44.9 Å². The summed E-state index contributed by atoms with van der Waals surface area (Å²) in [4.78, 5) is 23.4. The van der Waals surface area contributed by atoms with Crippen molar-refractivity contribution in [2.24, 2.45) is 0 Å². The average Bonchev–Trinajstić information content (AvgIpc) is 3.00. The Labute approximate surface area is 129 Å². The van der Waals surface area contributed by atoms with Crippen LogP contribution in [0.5, 0.6) is 0 Å². The lowest BCUT2D eigenvalue weighted by Gasteiger charge is -2.09. The summed E-state index contributed by atoms with van der Waals surface area (Å²) in [6, 6.07) is -0.155. The summed E-state index contributed by atoms with van der Waals surface area (Å²) in [5.41, 5.74) is 0. The first-order valence-corrected chi connectivity index (χ1v) is 8.81. The van der Waals surface area contributed by atoms with Gasteiger partial charge in [-0.3, -0.25) is 14.9 Å². The largest absolute Gasteiger partial charge is 0.306 e. The lowest BCUT2D eigenvalue weighted by atomic mass is 10.1. The van der Waals surface area contributed by atoms with Gasteiger partial charge in [0.2, 0.25) is 11.8 Å². The zero-order chi connectivity index (χ0) is 15.3. The van der Waals surface area contributed by atoms with Crippen molar-refractivity contribution in [2.75, 3.05) is 6.54 Å². The normalized spacial score (nSPS) is 17.9. The molecule has 2 amide bonds. The van der Waals surface area contributed by atoms with Crippen molar-refractivity contribution < 1.29 is 9.59 Å². The maximum Gasteiger partial charge on any atom is 0.243 e. The summed E-state index contributed by atoms with van der Waals surface area (Å²) in [6.07, 6.45) is 13.5. The van der Waals surface area contributed by atoms with E-state index in [0.717, 1.165) is 32.2 Å². The second kappa shape index (κ2) is 11.7. The molecule has 1 fully saturated rings. The first-order chi connectivity index (χ1) is 10.2. The number of hydrogen-bond donors (Lipinski definition) is 2. The van der Waals surface area contributed by atoms with Gasteiger partial charge >= 0.3 is 0 Å². The summed E-state index contributed by atoms with van der Waals surface area (Å²) in [5, 5.41) is 5.61. The second-order valence-corrected chi connectivity index (χ2v) is 6.14. The molecule has 1 aliphatic heterocycles. The van der Waals surface area contributed by atoms with Crippen LogP contribution in [0.2, 0.25) is 0 Å². The minimum Gasteiger partial charge on any atom is -0.306 e. The van der Waals surface area contributed by atoms with Crippen LogP contribution in [0.1, 0.15) is 84.0 Å². The molecule has 1 aliphatic rings. The van der Waals surface area contributed by atoms with Gasteiger partial charge in [0, 0.05) is 6.42 Å². The summed E-state index contributed by atoms with van der Waals surface area (Å²) < 4.78 is 0. The average molecular weight is 296 g/mol. The van der Waals surface area contributed by atoms with Gasteiger partial charge in [0.1, 0.15) is 0 Å². The molecule has 1 saturated heterocycles. The quantitative estimate of drug-likeness (QED) is 0.575. The second-order valence-electron chi connectivity index (χ2n) is 6.14. The number of nitrogens with one attached hydrogen (secondary N) is 2. The lowest BCUT2D eigenvalue weighted by Crippen LogP contribution is -2.43. The molecule has 0 aromatic heterocycles. The van der Waals surface area contributed by atoms with E-state index < -0.39 is 0 Å². The molecule has 0 radical (unpaired) electrons. The highest BCUT2D eigenvalue weighted by atomic mass is 16.2. The van der Waals surface area contributed by atoms with Crippen molar-refractivity contribution in [1.29, 1.82) is 0 Å². The number of carbonyl (C=O) groups excluding carboxylic acids is 2. The molecule has 4 heteroatoms. The highest BCUT2D eigenvalue weighted by Gasteiger charge is 2.23. The Kier molecular flexibility index (Phi) is 10.1. The molecule has 1 atom stereocenters. The number of rotatable bonds is 11. The third-order valence-corrected chi connectivity index (χ3v) is 4.15. The maximum absolute atomic E-state index is 11.7. The standard InChI is InChI=1S/C17H32N2O2/c1-2-3-4-5-6-7-8-9-10-13-16(20)19-17(21)15-12-11-14-18-15/h15,18H,2-14H2,1H3,(H,19,20,21)/t15-/m0/s1. The number of unbranched alkanes of at least 4 members (excludes halogenated alkanes) is 8. The van der Waals surface area contributed by atoms with Crippen LogP contribution >= 0.6 is 0 Å². The minimum atomic E-state index is -0.155. The van der Waals surface area contributed by atoms with E-state index >= 15 is 0 Å². The summed E-state index contributed by atoms with van der Waals surface area (Å²) >= 11 is 0. The van der Waals surface area contributed by atoms with Crippen molar-refractivity contribution in [3.63, 3.8) is 0 Å². The van der Waals surface area contributed by atoms with Crippen molar-refractivity contribution in [2.45, 2.75) is 90.0 Å². The van der Waals surface area contributed by atoms with E-state index in [4.69, 9.17) is 0 Å². The Hall–Kier alpha value is -0.900.